The fourth-order valence-corrected chi connectivity index (χ4v) is 8.28. The fourth-order valence-electron chi connectivity index (χ4n) is 7.73. The van der Waals surface area contributed by atoms with E-state index in [9.17, 15) is 19.5 Å². The highest BCUT2D eigenvalue weighted by molar-refractivity contribution is 6.40. The first kappa shape index (κ1) is 35.2. The van der Waals surface area contributed by atoms with Crippen molar-refractivity contribution in [1.29, 1.82) is 0 Å². The number of amides is 2. The number of carbonyl (C=O) groups is 3. The SMILES string of the molecule is Cn1c(C(=O)Nc2cccc(-c3cccc(NC(=O)c4nc5c(n4C)CCN(CC[C@H]4CC[C@H](C(=O)O)CC4)C5)c3Cl)c2Cl)nc2c1CCNC2. The van der Waals surface area contributed by atoms with Crippen molar-refractivity contribution in [3.63, 3.8) is 0 Å². The molecule has 1 saturated carbocycles. The molecule has 0 bridgehead atoms. The number of aromatic nitrogens is 4. The van der Waals surface area contributed by atoms with E-state index in [-0.39, 0.29) is 17.7 Å². The average molecular weight is 734 g/mol. The highest BCUT2D eigenvalue weighted by Crippen LogP contribution is 2.40. The number of anilines is 2. The van der Waals surface area contributed by atoms with Crippen LogP contribution in [0, 0.1) is 11.8 Å². The van der Waals surface area contributed by atoms with Gasteiger partial charge in [0, 0.05) is 75.6 Å². The van der Waals surface area contributed by atoms with Crippen molar-refractivity contribution in [3.8, 4) is 11.1 Å². The number of aliphatic carboxylic acids is 1. The van der Waals surface area contributed by atoms with E-state index in [0.717, 1.165) is 87.4 Å². The molecule has 0 unspecified atom stereocenters. The second-order valence-corrected chi connectivity index (χ2v) is 14.6. The van der Waals surface area contributed by atoms with E-state index in [4.69, 9.17) is 28.2 Å². The van der Waals surface area contributed by atoms with Gasteiger partial charge in [0.05, 0.1) is 38.7 Å². The predicted molar refractivity (Wildman–Crippen MR) is 196 cm³/mol. The lowest BCUT2D eigenvalue weighted by molar-refractivity contribution is -0.143. The molecule has 2 aliphatic heterocycles. The maximum atomic E-state index is 13.6. The number of imidazole rings is 2. The molecule has 0 saturated heterocycles. The molecular formula is C37H42Cl2N8O4. The zero-order valence-electron chi connectivity index (χ0n) is 28.8. The molecule has 4 heterocycles. The lowest BCUT2D eigenvalue weighted by Gasteiger charge is -2.30. The summed E-state index contributed by atoms with van der Waals surface area (Å²) in [6.45, 7) is 3.94. The van der Waals surface area contributed by atoms with Crippen LogP contribution in [0.4, 0.5) is 11.4 Å². The van der Waals surface area contributed by atoms with Crippen LogP contribution in [-0.2, 0) is 44.8 Å². The molecule has 2 amide bonds. The molecule has 1 aliphatic carbocycles. The lowest BCUT2D eigenvalue weighted by atomic mass is 9.80. The van der Waals surface area contributed by atoms with Crippen molar-refractivity contribution in [1.82, 2.24) is 29.3 Å². The number of nitrogens with one attached hydrogen (secondary N) is 3. The second kappa shape index (κ2) is 14.8. The van der Waals surface area contributed by atoms with Crippen LogP contribution in [0.1, 0.15) is 76.1 Å². The van der Waals surface area contributed by atoms with Gasteiger partial charge in [-0.2, -0.15) is 0 Å². The van der Waals surface area contributed by atoms with Gasteiger partial charge in [-0.15, -0.1) is 0 Å². The third kappa shape index (κ3) is 7.15. The van der Waals surface area contributed by atoms with Crippen LogP contribution in [0.3, 0.4) is 0 Å². The molecule has 14 heteroatoms. The zero-order chi connectivity index (χ0) is 35.8. The summed E-state index contributed by atoms with van der Waals surface area (Å²) >= 11 is 13.8. The van der Waals surface area contributed by atoms with Crippen molar-refractivity contribution in [3.05, 3.63) is 80.9 Å². The van der Waals surface area contributed by atoms with E-state index in [1.165, 1.54) is 0 Å². The molecular weight excluding hydrogens is 691 g/mol. The molecule has 0 atom stereocenters. The van der Waals surface area contributed by atoms with Gasteiger partial charge >= 0.3 is 5.97 Å². The summed E-state index contributed by atoms with van der Waals surface area (Å²) in [5.41, 5.74) is 5.89. The van der Waals surface area contributed by atoms with E-state index >= 15 is 0 Å². The number of hydrogen-bond acceptors (Lipinski definition) is 7. The number of carboxylic acid groups (broad SMARTS) is 1. The third-order valence-electron chi connectivity index (χ3n) is 10.7. The van der Waals surface area contributed by atoms with Gasteiger partial charge in [0.25, 0.3) is 11.8 Å². The number of fused-ring (bicyclic) bond motifs is 2. The van der Waals surface area contributed by atoms with E-state index < -0.39 is 5.97 Å². The van der Waals surface area contributed by atoms with Gasteiger partial charge in [-0.05, 0) is 56.7 Å². The average Bonchev–Trinajstić information content (AvgIpc) is 3.65. The normalized spacial score (nSPS) is 18.9. The minimum absolute atomic E-state index is 0.195. The maximum absolute atomic E-state index is 13.6. The second-order valence-electron chi connectivity index (χ2n) is 13.8. The number of halogens is 2. The van der Waals surface area contributed by atoms with Gasteiger partial charge in [0.15, 0.2) is 11.6 Å². The summed E-state index contributed by atoms with van der Waals surface area (Å²) in [4.78, 5) is 49.9. The molecule has 51 heavy (non-hydrogen) atoms. The summed E-state index contributed by atoms with van der Waals surface area (Å²) in [7, 11) is 3.71. The first-order valence-corrected chi connectivity index (χ1v) is 18.3. The summed E-state index contributed by atoms with van der Waals surface area (Å²) in [5.74, 6) is -0.418. The predicted octanol–water partition coefficient (Wildman–Crippen LogP) is 5.92. The van der Waals surface area contributed by atoms with Gasteiger partial charge < -0.3 is 30.2 Å². The van der Waals surface area contributed by atoms with E-state index in [0.29, 0.717) is 63.2 Å². The monoisotopic (exact) mass is 732 g/mol. The van der Waals surface area contributed by atoms with Crippen molar-refractivity contribution in [2.75, 3.05) is 30.3 Å². The quantitative estimate of drug-likeness (QED) is 0.166. The van der Waals surface area contributed by atoms with Crippen molar-refractivity contribution in [2.45, 2.75) is 58.0 Å². The minimum atomic E-state index is -0.670. The molecule has 2 aromatic carbocycles. The molecule has 4 aromatic rings. The van der Waals surface area contributed by atoms with E-state index in [2.05, 4.69) is 25.8 Å². The van der Waals surface area contributed by atoms with Gasteiger partial charge in [0.2, 0.25) is 0 Å². The summed E-state index contributed by atoms with van der Waals surface area (Å²) in [5, 5.41) is 19.1. The zero-order valence-corrected chi connectivity index (χ0v) is 30.3. The molecule has 2 aromatic heterocycles. The van der Waals surface area contributed by atoms with Crippen LogP contribution in [0.5, 0.6) is 0 Å². The largest absolute Gasteiger partial charge is 0.481 e. The van der Waals surface area contributed by atoms with Crippen LogP contribution >= 0.6 is 23.2 Å². The number of carboxylic acids is 1. The highest BCUT2D eigenvalue weighted by Gasteiger charge is 2.29. The Morgan fingerprint density at radius 3 is 1.98 bits per heavy atom. The Morgan fingerprint density at radius 2 is 1.41 bits per heavy atom. The number of benzene rings is 2. The Kier molecular flexibility index (Phi) is 10.2. The van der Waals surface area contributed by atoms with Crippen LogP contribution in [-0.4, -0.2) is 66.5 Å². The number of rotatable bonds is 9. The molecule has 1 fully saturated rings. The van der Waals surface area contributed by atoms with E-state index in [1.54, 1.807) is 24.3 Å². The highest BCUT2D eigenvalue weighted by atomic mass is 35.5. The third-order valence-corrected chi connectivity index (χ3v) is 11.5. The summed E-state index contributed by atoms with van der Waals surface area (Å²) in [6, 6.07) is 10.7. The minimum Gasteiger partial charge on any atom is -0.481 e. The molecule has 0 radical (unpaired) electrons. The Bertz CT molecular complexity index is 2000. The van der Waals surface area contributed by atoms with Crippen molar-refractivity contribution in [2.24, 2.45) is 25.9 Å². The van der Waals surface area contributed by atoms with Crippen molar-refractivity contribution >= 4 is 52.4 Å². The Hall–Kier alpha value is -4.23. The smallest absolute Gasteiger partial charge is 0.306 e. The van der Waals surface area contributed by atoms with Crippen molar-refractivity contribution < 1.29 is 19.5 Å². The van der Waals surface area contributed by atoms with Gasteiger partial charge in [-0.3, -0.25) is 19.3 Å². The molecule has 0 spiro atoms. The first-order valence-electron chi connectivity index (χ1n) is 17.5. The Balaban J connectivity index is 1.02. The maximum Gasteiger partial charge on any atom is 0.306 e. The number of carbonyl (C=O) groups excluding carboxylic acids is 2. The van der Waals surface area contributed by atoms with Crippen LogP contribution < -0.4 is 16.0 Å². The summed E-state index contributed by atoms with van der Waals surface area (Å²) in [6.07, 6.45) is 6.09. The molecule has 268 valence electrons. The van der Waals surface area contributed by atoms with Gasteiger partial charge in [-0.25, -0.2) is 9.97 Å². The molecule has 4 N–H and O–H groups in total. The van der Waals surface area contributed by atoms with Crippen LogP contribution in [0.25, 0.3) is 11.1 Å². The van der Waals surface area contributed by atoms with Crippen LogP contribution in [0.15, 0.2) is 36.4 Å². The van der Waals surface area contributed by atoms with Gasteiger partial charge in [-0.1, -0.05) is 47.5 Å². The fraction of sp³-hybridized carbons (Fsp3) is 0.432. The summed E-state index contributed by atoms with van der Waals surface area (Å²) < 4.78 is 3.70. The van der Waals surface area contributed by atoms with Crippen LogP contribution in [0.2, 0.25) is 10.0 Å². The molecule has 7 rings (SSSR count). The standard InChI is InChI=1S/C37H42Cl2N8O4/c1-45-29-13-16-40-19-27(29)41-33(45)35(48)43-25-7-3-5-23(31(25)38)24-6-4-8-26(32(24)39)44-36(49)34-42-28-20-47(18-15-30(28)46(34)2)17-14-21-9-11-22(12-10-21)37(50)51/h3-8,21-22,40H,9-20H2,1-2H3,(H,43,48)(H,44,49)(H,50,51)/t21-,22-. The number of hydrogen-bond donors (Lipinski definition) is 4. The Labute approximate surface area is 306 Å². The molecule has 3 aliphatic rings. The topological polar surface area (TPSA) is 146 Å². The first-order chi connectivity index (χ1) is 24.6. The Morgan fingerprint density at radius 1 is 0.843 bits per heavy atom. The van der Waals surface area contributed by atoms with Gasteiger partial charge in [0.1, 0.15) is 0 Å². The molecule has 12 nitrogen and oxygen atoms in total. The van der Waals surface area contributed by atoms with E-state index in [1.807, 2.05) is 35.4 Å². The lowest BCUT2D eigenvalue weighted by Crippen LogP contribution is -2.33. The number of nitrogens with zero attached hydrogens (tertiary/aromatic N) is 5.